The molecule has 2 aromatic rings. The third-order valence-corrected chi connectivity index (χ3v) is 3.36. The van der Waals surface area contributed by atoms with E-state index in [1.165, 1.54) is 6.07 Å². The largest absolute Gasteiger partial charge is 0.378 e. The number of anilines is 1. The van der Waals surface area contributed by atoms with Gasteiger partial charge in [-0.25, -0.2) is 4.39 Å². The number of hydrogen-bond acceptors (Lipinski definition) is 3. The molecular formula is C15H17FN4. The van der Waals surface area contributed by atoms with Crippen LogP contribution in [0.25, 0.3) is 0 Å². The Morgan fingerprint density at radius 3 is 2.65 bits per heavy atom. The van der Waals surface area contributed by atoms with Crippen LogP contribution in [0.1, 0.15) is 35.3 Å². The lowest BCUT2D eigenvalue weighted by Crippen LogP contribution is -2.09. The number of hydrogen-bond donors (Lipinski definition) is 1. The standard InChI is InChI=1S/C15H17FN4/c1-9-14(16)5-12(7-17)6-15(9)18-10(2)13-8-20(4)19-11(13)3/h5-6,8,10,18H,1-4H3. The van der Waals surface area contributed by atoms with E-state index in [2.05, 4.69) is 10.4 Å². The average molecular weight is 272 g/mol. The Hall–Kier alpha value is -2.35. The normalized spacial score (nSPS) is 12.0. The van der Waals surface area contributed by atoms with E-state index in [1.807, 2.05) is 33.2 Å². The van der Waals surface area contributed by atoms with Gasteiger partial charge < -0.3 is 5.32 Å². The van der Waals surface area contributed by atoms with Crippen LogP contribution in [-0.2, 0) is 7.05 Å². The van der Waals surface area contributed by atoms with Crippen LogP contribution in [0.15, 0.2) is 18.3 Å². The number of nitriles is 1. The van der Waals surface area contributed by atoms with Gasteiger partial charge in [-0.1, -0.05) is 0 Å². The van der Waals surface area contributed by atoms with Crippen LogP contribution in [0, 0.1) is 31.0 Å². The zero-order valence-electron chi connectivity index (χ0n) is 12.0. The molecule has 2 rings (SSSR count). The highest BCUT2D eigenvalue weighted by Gasteiger charge is 2.14. The van der Waals surface area contributed by atoms with E-state index in [0.717, 1.165) is 11.3 Å². The first-order valence-electron chi connectivity index (χ1n) is 6.39. The summed E-state index contributed by atoms with van der Waals surface area (Å²) < 4.78 is 15.5. The minimum atomic E-state index is -0.373. The first-order valence-corrected chi connectivity index (χ1v) is 6.39. The van der Waals surface area contributed by atoms with Crippen LogP contribution in [0.3, 0.4) is 0 Å². The fourth-order valence-corrected chi connectivity index (χ4v) is 2.25. The van der Waals surface area contributed by atoms with Crippen molar-refractivity contribution in [2.75, 3.05) is 5.32 Å². The van der Waals surface area contributed by atoms with Gasteiger partial charge in [0.15, 0.2) is 0 Å². The number of halogens is 1. The lowest BCUT2D eigenvalue weighted by molar-refractivity contribution is 0.618. The first kappa shape index (κ1) is 14.1. The summed E-state index contributed by atoms with van der Waals surface area (Å²) in [6.45, 7) is 5.62. The van der Waals surface area contributed by atoms with E-state index in [-0.39, 0.29) is 11.9 Å². The van der Waals surface area contributed by atoms with Crippen LogP contribution in [0.2, 0.25) is 0 Å². The summed E-state index contributed by atoms with van der Waals surface area (Å²) in [7, 11) is 1.87. The van der Waals surface area contributed by atoms with Crippen molar-refractivity contribution in [3.05, 3.63) is 46.5 Å². The fraction of sp³-hybridized carbons (Fsp3) is 0.333. The SMILES string of the molecule is Cc1nn(C)cc1C(C)Nc1cc(C#N)cc(F)c1C. The average Bonchev–Trinajstić information content (AvgIpc) is 2.73. The zero-order chi connectivity index (χ0) is 14.9. The first-order chi connectivity index (χ1) is 9.42. The molecule has 20 heavy (non-hydrogen) atoms. The molecule has 0 amide bonds. The van der Waals surface area contributed by atoms with Gasteiger partial charge in [-0.05, 0) is 32.9 Å². The molecule has 104 valence electrons. The number of aryl methyl sites for hydroxylation is 2. The van der Waals surface area contributed by atoms with E-state index in [4.69, 9.17) is 5.26 Å². The third kappa shape index (κ3) is 2.64. The molecule has 0 saturated carbocycles. The maximum Gasteiger partial charge on any atom is 0.129 e. The second kappa shape index (κ2) is 5.33. The lowest BCUT2D eigenvalue weighted by Gasteiger charge is -2.17. The molecule has 0 bridgehead atoms. The predicted octanol–water partition coefficient (Wildman–Crippen LogP) is 3.22. The van der Waals surface area contributed by atoms with Crippen molar-refractivity contribution in [2.24, 2.45) is 7.05 Å². The summed E-state index contributed by atoms with van der Waals surface area (Å²) in [6, 6.07) is 4.87. The third-order valence-electron chi connectivity index (χ3n) is 3.36. The summed E-state index contributed by atoms with van der Waals surface area (Å²) in [5, 5.41) is 16.5. The van der Waals surface area contributed by atoms with E-state index in [9.17, 15) is 4.39 Å². The molecule has 1 atom stereocenters. The summed E-state index contributed by atoms with van der Waals surface area (Å²) >= 11 is 0. The van der Waals surface area contributed by atoms with E-state index in [1.54, 1.807) is 17.7 Å². The molecule has 4 nitrogen and oxygen atoms in total. The molecule has 0 spiro atoms. The molecule has 0 saturated heterocycles. The maximum atomic E-state index is 13.8. The second-order valence-electron chi connectivity index (χ2n) is 4.95. The van der Waals surface area contributed by atoms with Crippen molar-refractivity contribution in [3.63, 3.8) is 0 Å². The summed E-state index contributed by atoms with van der Waals surface area (Å²) in [6.07, 6.45) is 1.94. The Morgan fingerprint density at radius 1 is 1.40 bits per heavy atom. The number of nitrogens with one attached hydrogen (secondary N) is 1. The van der Waals surface area contributed by atoms with Gasteiger partial charge in [0.25, 0.3) is 0 Å². The summed E-state index contributed by atoms with van der Waals surface area (Å²) in [4.78, 5) is 0. The highest BCUT2D eigenvalue weighted by Crippen LogP contribution is 2.26. The molecule has 0 radical (unpaired) electrons. The second-order valence-corrected chi connectivity index (χ2v) is 4.95. The molecule has 1 aromatic carbocycles. The Morgan fingerprint density at radius 2 is 2.10 bits per heavy atom. The number of rotatable bonds is 3. The zero-order valence-corrected chi connectivity index (χ0v) is 12.0. The van der Waals surface area contributed by atoms with Crippen LogP contribution >= 0.6 is 0 Å². The van der Waals surface area contributed by atoms with Crippen molar-refractivity contribution >= 4 is 5.69 Å². The monoisotopic (exact) mass is 272 g/mol. The van der Waals surface area contributed by atoms with E-state index < -0.39 is 0 Å². The van der Waals surface area contributed by atoms with Gasteiger partial charge >= 0.3 is 0 Å². The van der Waals surface area contributed by atoms with Crippen molar-refractivity contribution in [1.82, 2.24) is 9.78 Å². The molecule has 1 unspecified atom stereocenters. The molecule has 0 aliphatic rings. The summed E-state index contributed by atoms with van der Waals surface area (Å²) in [5.74, 6) is -0.373. The molecule has 0 aliphatic carbocycles. The number of benzene rings is 1. The molecule has 1 heterocycles. The lowest BCUT2D eigenvalue weighted by atomic mass is 10.1. The molecule has 5 heteroatoms. The maximum absolute atomic E-state index is 13.8. The quantitative estimate of drug-likeness (QED) is 0.933. The van der Waals surface area contributed by atoms with Crippen molar-refractivity contribution in [2.45, 2.75) is 26.8 Å². The Labute approximate surface area is 117 Å². The molecule has 0 fully saturated rings. The smallest absolute Gasteiger partial charge is 0.129 e. The molecular weight excluding hydrogens is 255 g/mol. The minimum Gasteiger partial charge on any atom is -0.378 e. The van der Waals surface area contributed by atoms with Crippen LogP contribution in [0.5, 0.6) is 0 Å². The van der Waals surface area contributed by atoms with Crippen molar-refractivity contribution < 1.29 is 4.39 Å². The highest BCUT2D eigenvalue weighted by molar-refractivity contribution is 5.57. The van der Waals surface area contributed by atoms with Gasteiger partial charge in [-0.15, -0.1) is 0 Å². The fourth-order valence-electron chi connectivity index (χ4n) is 2.25. The summed E-state index contributed by atoms with van der Waals surface area (Å²) in [5.41, 5.74) is 3.44. The Balaban J connectivity index is 2.33. The number of aromatic nitrogens is 2. The van der Waals surface area contributed by atoms with Crippen molar-refractivity contribution in [3.8, 4) is 6.07 Å². The minimum absolute atomic E-state index is 0.0178. The van der Waals surface area contributed by atoms with Gasteiger partial charge in [0.1, 0.15) is 5.82 Å². The topological polar surface area (TPSA) is 53.6 Å². The number of nitrogens with zero attached hydrogens (tertiary/aromatic N) is 3. The predicted molar refractivity (Wildman–Crippen MR) is 75.8 cm³/mol. The Bertz CT molecular complexity index is 682. The van der Waals surface area contributed by atoms with Gasteiger partial charge in [-0.3, -0.25) is 4.68 Å². The molecule has 0 aliphatic heterocycles. The van der Waals surface area contributed by atoms with Gasteiger partial charge in [0.2, 0.25) is 0 Å². The Kier molecular flexibility index (Phi) is 3.75. The highest BCUT2D eigenvalue weighted by atomic mass is 19.1. The van der Waals surface area contributed by atoms with Gasteiger partial charge in [0.05, 0.1) is 23.4 Å². The van der Waals surface area contributed by atoms with Crippen LogP contribution < -0.4 is 5.32 Å². The van der Waals surface area contributed by atoms with E-state index in [0.29, 0.717) is 16.8 Å². The van der Waals surface area contributed by atoms with E-state index >= 15 is 0 Å². The van der Waals surface area contributed by atoms with Crippen LogP contribution in [-0.4, -0.2) is 9.78 Å². The van der Waals surface area contributed by atoms with Gasteiger partial charge in [0, 0.05) is 30.1 Å². The molecule has 1 N–H and O–H groups in total. The molecule has 1 aromatic heterocycles. The van der Waals surface area contributed by atoms with Gasteiger partial charge in [-0.2, -0.15) is 10.4 Å². The van der Waals surface area contributed by atoms with Crippen molar-refractivity contribution in [1.29, 1.82) is 5.26 Å². The van der Waals surface area contributed by atoms with Crippen LogP contribution in [0.4, 0.5) is 10.1 Å².